The molecule has 1 saturated heterocycles. The number of aliphatic carboxylic acids is 1. The summed E-state index contributed by atoms with van der Waals surface area (Å²) in [6.07, 6.45) is -0.0535. The quantitative estimate of drug-likeness (QED) is 0.439. The van der Waals surface area contributed by atoms with Gasteiger partial charge in [-0.2, -0.15) is 18.2 Å². The molecule has 0 bridgehead atoms. The first-order chi connectivity index (χ1) is 15.1. The van der Waals surface area contributed by atoms with Crippen LogP contribution >= 0.6 is 0 Å². The summed E-state index contributed by atoms with van der Waals surface area (Å²) in [7, 11) is 0. The molecule has 1 amide bonds. The molecule has 0 unspecified atom stereocenters. The van der Waals surface area contributed by atoms with Gasteiger partial charge in [-0.05, 0) is 38.1 Å². The maximum absolute atomic E-state index is 13.2. The molecular formula is C18H19F4N7O3. The van der Waals surface area contributed by atoms with Gasteiger partial charge in [0.2, 0.25) is 11.9 Å². The van der Waals surface area contributed by atoms with Crippen molar-refractivity contribution in [3.63, 3.8) is 0 Å². The maximum atomic E-state index is 13.2. The van der Waals surface area contributed by atoms with Crippen molar-refractivity contribution in [2.45, 2.75) is 31.4 Å². The highest BCUT2D eigenvalue weighted by molar-refractivity contribution is 5.90. The predicted octanol–water partition coefficient (Wildman–Crippen LogP) is 1.87. The van der Waals surface area contributed by atoms with Gasteiger partial charge in [0.05, 0.1) is 12.1 Å². The van der Waals surface area contributed by atoms with E-state index in [0.717, 1.165) is 31.8 Å². The van der Waals surface area contributed by atoms with Crippen LogP contribution in [0.4, 0.5) is 23.5 Å². The molecule has 14 heteroatoms. The van der Waals surface area contributed by atoms with Crippen molar-refractivity contribution in [1.29, 1.82) is 0 Å². The Hall–Kier alpha value is -3.55. The van der Waals surface area contributed by atoms with Crippen molar-refractivity contribution >= 4 is 23.5 Å². The monoisotopic (exact) mass is 457 g/mol. The number of carboxylic acids is 1. The summed E-state index contributed by atoms with van der Waals surface area (Å²) in [5.41, 5.74) is 1.15. The number of halogens is 4. The van der Waals surface area contributed by atoms with Crippen LogP contribution in [0.1, 0.15) is 30.3 Å². The minimum absolute atomic E-state index is 0.0700. The molecule has 4 N–H and O–H groups in total. The standard InChI is InChI=1S/C16H18FN7O.C2HF3O2/c17-11-1-2-13-19-12(9-24(13)8-11)7-14(25)20-16-21-15(22-23-16)10-3-5-18-6-4-10;3-2(4,5)1(6)7/h1-2,8-10,18H,3-7H2,(H2,20,21,22,23,25);(H,6,7). The Labute approximate surface area is 178 Å². The normalized spacial score (nSPS) is 14.6. The van der Waals surface area contributed by atoms with Gasteiger partial charge in [-0.15, -0.1) is 5.10 Å². The van der Waals surface area contributed by atoms with Crippen molar-refractivity contribution in [2.75, 3.05) is 18.4 Å². The summed E-state index contributed by atoms with van der Waals surface area (Å²) in [6, 6.07) is 2.90. The average molecular weight is 457 g/mol. The molecule has 1 aliphatic rings. The minimum atomic E-state index is -5.08. The second-order valence-electron chi connectivity index (χ2n) is 6.94. The van der Waals surface area contributed by atoms with Gasteiger partial charge in [-0.3, -0.25) is 15.2 Å². The Morgan fingerprint density at radius 3 is 2.53 bits per heavy atom. The Balaban J connectivity index is 0.000000360. The number of aromatic amines is 1. The first-order valence-electron chi connectivity index (χ1n) is 9.48. The average Bonchev–Trinajstić information content (AvgIpc) is 3.34. The fourth-order valence-corrected chi connectivity index (χ4v) is 3.04. The number of imidazole rings is 1. The number of amides is 1. The van der Waals surface area contributed by atoms with E-state index in [1.807, 2.05) is 0 Å². The van der Waals surface area contributed by atoms with E-state index in [-0.39, 0.29) is 24.1 Å². The number of pyridine rings is 1. The number of nitrogens with one attached hydrogen (secondary N) is 3. The van der Waals surface area contributed by atoms with Gasteiger partial charge >= 0.3 is 12.1 Å². The van der Waals surface area contributed by atoms with Gasteiger partial charge in [0.25, 0.3) is 0 Å². The number of piperidine rings is 1. The zero-order valence-corrected chi connectivity index (χ0v) is 16.5. The van der Waals surface area contributed by atoms with E-state index in [2.05, 4.69) is 30.8 Å². The Morgan fingerprint density at radius 1 is 1.19 bits per heavy atom. The van der Waals surface area contributed by atoms with E-state index in [1.54, 1.807) is 16.7 Å². The molecule has 32 heavy (non-hydrogen) atoms. The third-order valence-corrected chi connectivity index (χ3v) is 4.53. The molecule has 4 rings (SSSR count). The van der Waals surface area contributed by atoms with Crippen LogP contribution in [0.15, 0.2) is 24.5 Å². The number of carbonyl (C=O) groups excluding carboxylic acids is 1. The number of fused-ring (bicyclic) bond motifs is 1. The molecule has 172 valence electrons. The van der Waals surface area contributed by atoms with Crippen LogP contribution in [0.3, 0.4) is 0 Å². The number of nitrogens with zero attached hydrogens (tertiary/aromatic N) is 4. The Kier molecular flexibility index (Phi) is 7.02. The van der Waals surface area contributed by atoms with E-state index in [4.69, 9.17) is 9.90 Å². The molecule has 0 aliphatic carbocycles. The third kappa shape index (κ3) is 6.23. The lowest BCUT2D eigenvalue weighted by atomic mass is 9.98. The van der Waals surface area contributed by atoms with Crippen LogP contribution in [0, 0.1) is 5.82 Å². The van der Waals surface area contributed by atoms with E-state index in [1.165, 1.54) is 12.3 Å². The number of hydrogen-bond donors (Lipinski definition) is 4. The molecule has 10 nitrogen and oxygen atoms in total. The van der Waals surface area contributed by atoms with E-state index in [9.17, 15) is 22.4 Å². The zero-order chi connectivity index (χ0) is 23.3. The lowest BCUT2D eigenvalue weighted by Crippen LogP contribution is -2.27. The number of anilines is 1. The lowest BCUT2D eigenvalue weighted by Gasteiger charge is -2.19. The van der Waals surface area contributed by atoms with Crippen molar-refractivity contribution in [1.82, 2.24) is 29.9 Å². The zero-order valence-electron chi connectivity index (χ0n) is 16.5. The van der Waals surface area contributed by atoms with Gasteiger partial charge in [0.15, 0.2) is 0 Å². The molecule has 4 heterocycles. The molecule has 0 saturated carbocycles. The molecule has 1 aliphatic heterocycles. The van der Waals surface area contributed by atoms with E-state index < -0.39 is 12.1 Å². The van der Waals surface area contributed by atoms with E-state index in [0.29, 0.717) is 17.3 Å². The molecule has 1 fully saturated rings. The van der Waals surface area contributed by atoms with Crippen LogP contribution in [0.5, 0.6) is 0 Å². The summed E-state index contributed by atoms with van der Waals surface area (Å²) in [5.74, 6) is -1.96. The Bertz CT molecular complexity index is 1090. The van der Waals surface area contributed by atoms with Crippen LogP contribution in [-0.4, -0.2) is 60.8 Å². The van der Waals surface area contributed by atoms with Gasteiger partial charge in [-0.25, -0.2) is 14.2 Å². The summed E-state index contributed by atoms with van der Waals surface area (Å²) < 4.78 is 46.5. The SMILES string of the molecule is O=C(Cc1cn2cc(F)ccc2n1)Nc1n[nH]c(C2CCNCC2)n1.O=C(O)C(F)(F)F. The van der Waals surface area contributed by atoms with Crippen LogP contribution in [-0.2, 0) is 16.0 Å². The second kappa shape index (κ2) is 9.72. The molecule has 3 aromatic heterocycles. The molecule has 0 atom stereocenters. The molecule has 0 radical (unpaired) electrons. The minimum Gasteiger partial charge on any atom is -0.475 e. The lowest BCUT2D eigenvalue weighted by molar-refractivity contribution is -0.192. The Morgan fingerprint density at radius 2 is 1.88 bits per heavy atom. The van der Waals surface area contributed by atoms with Gasteiger partial charge < -0.3 is 14.8 Å². The first kappa shape index (κ1) is 23.1. The van der Waals surface area contributed by atoms with Crippen LogP contribution < -0.4 is 10.6 Å². The smallest absolute Gasteiger partial charge is 0.475 e. The highest BCUT2D eigenvalue weighted by Gasteiger charge is 2.38. The summed E-state index contributed by atoms with van der Waals surface area (Å²) >= 11 is 0. The van der Waals surface area contributed by atoms with Crippen LogP contribution in [0.25, 0.3) is 5.65 Å². The largest absolute Gasteiger partial charge is 0.490 e. The van der Waals surface area contributed by atoms with Crippen LogP contribution in [0.2, 0.25) is 0 Å². The first-order valence-corrected chi connectivity index (χ1v) is 9.48. The highest BCUT2D eigenvalue weighted by Crippen LogP contribution is 2.22. The third-order valence-electron chi connectivity index (χ3n) is 4.53. The van der Waals surface area contributed by atoms with E-state index >= 15 is 0 Å². The van der Waals surface area contributed by atoms with Gasteiger partial charge in [-0.1, -0.05) is 0 Å². The maximum Gasteiger partial charge on any atom is 0.490 e. The highest BCUT2D eigenvalue weighted by atomic mass is 19.4. The van der Waals surface area contributed by atoms with Crippen molar-refractivity contribution < 1.29 is 32.3 Å². The van der Waals surface area contributed by atoms with Crippen molar-refractivity contribution in [2.24, 2.45) is 0 Å². The number of aromatic nitrogens is 5. The van der Waals surface area contributed by atoms with Crippen molar-refractivity contribution in [3.05, 3.63) is 41.9 Å². The number of hydrogen-bond acceptors (Lipinski definition) is 6. The molecular weight excluding hydrogens is 438 g/mol. The molecule has 0 spiro atoms. The topological polar surface area (TPSA) is 137 Å². The van der Waals surface area contributed by atoms with Gasteiger partial charge in [0, 0.05) is 18.3 Å². The summed E-state index contributed by atoms with van der Waals surface area (Å²) in [4.78, 5) is 29.7. The predicted molar refractivity (Wildman–Crippen MR) is 102 cm³/mol. The van der Waals surface area contributed by atoms with Gasteiger partial charge in [0.1, 0.15) is 17.3 Å². The summed E-state index contributed by atoms with van der Waals surface area (Å²) in [6.45, 7) is 1.92. The number of rotatable bonds is 4. The number of carboxylic acid groups (broad SMARTS) is 1. The number of alkyl halides is 3. The molecule has 0 aromatic carbocycles. The number of carbonyl (C=O) groups is 2. The van der Waals surface area contributed by atoms with Crippen molar-refractivity contribution in [3.8, 4) is 0 Å². The second-order valence-corrected chi connectivity index (χ2v) is 6.94. The molecule has 3 aromatic rings. The fraction of sp³-hybridized carbons (Fsp3) is 0.389. The number of H-pyrrole nitrogens is 1. The fourth-order valence-electron chi connectivity index (χ4n) is 3.04. The summed E-state index contributed by atoms with van der Waals surface area (Å²) in [5, 5.41) is 20.1.